The molecule has 0 aromatic carbocycles. The number of carboxylic acid groups (broad SMARTS) is 1. The number of amides is 3. The van der Waals surface area contributed by atoms with E-state index in [2.05, 4.69) is 5.32 Å². The molecule has 0 bridgehead atoms. The first-order chi connectivity index (χ1) is 7.92. The van der Waals surface area contributed by atoms with Crippen LogP contribution in [-0.4, -0.2) is 66.5 Å². The van der Waals surface area contributed by atoms with Crippen LogP contribution in [0.2, 0.25) is 0 Å². The Labute approximate surface area is 100 Å². The molecule has 98 valence electrons. The van der Waals surface area contributed by atoms with Crippen LogP contribution in [0, 0.1) is 0 Å². The largest absolute Gasteiger partial charge is 0.480 e. The third-order valence-corrected chi connectivity index (χ3v) is 2.08. The van der Waals surface area contributed by atoms with Gasteiger partial charge in [0.15, 0.2) is 0 Å². The highest BCUT2D eigenvalue weighted by Gasteiger charge is 2.20. The summed E-state index contributed by atoms with van der Waals surface area (Å²) >= 11 is 0. The fourth-order valence-corrected chi connectivity index (χ4v) is 1.28. The summed E-state index contributed by atoms with van der Waals surface area (Å²) in [7, 11) is 2.93. The van der Waals surface area contributed by atoms with Crippen LogP contribution in [0.4, 0.5) is 4.79 Å². The monoisotopic (exact) mass is 245 g/mol. The summed E-state index contributed by atoms with van der Waals surface area (Å²) in [6, 6.07) is -0.460. The Kier molecular flexibility index (Phi) is 6.69. The van der Waals surface area contributed by atoms with Crippen LogP contribution in [-0.2, 0) is 9.59 Å². The number of hydrogen-bond acceptors (Lipinski definition) is 3. The minimum atomic E-state index is -1.07. The summed E-state index contributed by atoms with van der Waals surface area (Å²) in [4.78, 5) is 35.9. The van der Waals surface area contributed by atoms with Crippen molar-refractivity contribution >= 4 is 17.9 Å². The zero-order valence-electron chi connectivity index (χ0n) is 10.4. The predicted molar refractivity (Wildman–Crippen MR) is 61.6 cm³/mol. The molecule has 0 atom stereocenters. The Balaban J connectivity index is 4.48. The van der Waals surface area contributed by atoms with Crippen LogP contribution >= 0.6 is 0 Å². The number of nitrogens with one attached hydrogen (secondary N) is 1. The number of hydrogen-bond donors (Lipinski definition) is 2. The fourth-order valence-electron chi connectivity index (χ4n) is 1.28. The van der Waals surface area contributed by atoms with E-state index in [4.69, 9.17) is 5.11 Å². The molecule has 0 rings (SSSR count). The van der Waals surface area contributed by atoms with Gasteiger partial charge in [-0.3, -0.25) is 9.59 Å². The molecule has 2 N–H and O–H groups in total. The number of nitrogens with zero attached hydrogens (tertiary/aromatic N) is 2. The molecule has 0 radical (unpaired) electrons. The lowest BCUT2D eigenvalue weighted by molar-refractivity contribution is -0.137. The number of aliphatic carboxylic acids is 1. The standard InChI is InChI=1S/C10H19N3O4/c1-4-5-13(7-9(15)16)10(17)12(3)6-8(14)11-2/h4-7H2,1-3H3,(H,11,14)(H,15,16). The van der Waals surface area contributed by atoms with Crippen molar-refractivity contribution in [1.29, 1.82) is 0 Å². The molecule has 0 aliphatic heterocycles. The molecule has 0 aromatic heterocycles. The highest BCUT2D eigenvalue weighted by molar-refractivity contribution is 5.85. The maximum absolute atomic E-state index is 11.8. The third-order valence-electron chi connectivity index (χ3n) is 2.08. The summed E-state index contributed by atoms with van der Waals surface area (Å²) < 4.78 is 0. The SMILES string of the molecule is CCCN(CC(=O)O)C(=O)N(C)CC(=O)NC. The number of carbonyl (C=O) groups is 3. The van der Waals surface area contributed by atoms with Gasteiger partial charge >= 0.3 is 12.0 Å². The van der Waals surface area contributed by atoms with Crippen molar-refractivity contribution in [2.24, 2.45) is 0 Å². The van der Waals surface area contributed by atoms with Crippen LogP contribution < -0.4 is 5.32 Å². The van der Waals surface area contributed by atoms with Crippen LogP contribution in [0.5, 0.6) is 0 Å². The van der Waals surface area contributed by atoms with E-state index in [1.807, 2.05) is 6.92 Å². The summed E-state index contributed by atoms with van der Waals surface area (Å²) in [5, 5.41) is 11.1. The van der Waals surface area contributed by atoms with E-state index >= 15 is 0 Å². The summed E-state index contributed by atoms with van der Waals surface area (Å²) in [6.45, 7) is 1.75. The minimum Gasteiger partial charge on any atom is -0.480 e. The molecule has 0 spiro atoms. The van der Waals surface area contributed by atoms with Gasteiger partial charge in [0, 0.05) is 20.6 Å². The van der Waals surface area contributed by atoms with E-state index < -0.39 is 12.0 Å². The number of likely N-dealkylation sites (N-methyl/N-ethyl adjacent to an activating group) is 2. The summed E-state index contributed by atoms with van der Waals surface area (Å²) in [6.07, 6.45) is 0.660. The molecular weight excluding hydrogens is 226 g/mol. The number of urea groups is 1. The van der Waals surface area contributed by atoms with Gasteiger partial charge in [-0.25, -0.2) is 4.79 Å². The van der Waals surface area contributed by atoms with Crippen LogP contribution in [0.3, 0.4) is 0 Å². The zero-order valence-corrected chi connectivity index (χ0v) is 10.4. The average Bonchev–Trinajstić information content (AvgIpc) is 2.26. The lowest BCUT2D eigenvalue weighted by Gasteiger charge is -2.26. The molecule has 0 saturated heterocycles. The molecule has 0 unspecified atom stereocenters. The molecule has 0 saturated carbocycles. The first-order valence-corrected chi connectivity index (χ1v) is 5.34. The molecule has 0 aliphatic rings. The van der Waals surface area contributed by atoms with Crippen LogP contribution in [0.15, 0.2) is 0 Å². The number of rotatable bonds is 6. The van der Waals surface area contributed by atoms with Gasteiger partial charge in [0.1, 0.15) is 13.1 Å². The highest BCUT2D eigenvalue weighted by atomic mass is 16.4. The van der Waals surface area contributed by atoms with Crippen molar-refractivity contribution in [3.05, 3.63) is 0 Å². The second-order valence-corrected chi connectivity index (χ2v) is 3.63. The Morgan fingerprint density at radius 1 is 1.24 bits per heavy atom. The third kappa shape index (κ3) is 5.74. The lowest BCUT2D eigenvalue weighted by atomic mass is 10.4. The Bertz CT molecular complexity index is 293. The Morgan fingerprint density at radius 3 is 2.24 bits per heavy atom. The molecule has 7 heteroatoms. The van der Waals surface area contributed by atoms with Crippen LogP contribution in [0.1, 0.15) is 13.3 Å². The van der Waals surface area contributed by atoms with Crippen molar-refractivity contribution in [2.45, 2.75) is 13.3 Å². The van der Waals surface area contributed by atoms with Gasteiger partial charge in [0.25, 0.3) is 0 Å². The van der Waals surface area contributed by atoms with Gasteiger partial charge in [-0.05, 0) is 6.42 Å². The number of carboxylic acids is 1. The normalized spacial score (nSPS) is 9.59. The maximum atomic E-state index is 11.8. The van der Waals surface area contributed by atoms with Crippen molar-refractivity contribution in [2.75, 3.05) is 33.7 Å². The van der Waals surface area contributed by atoms with Gasteiger partial charge in [0.05, 0.1) is 0 Å². The quantitative estimate of drug-likeness (QED) is 0.665. The highest BCUT2D eigenvalue weighted by Crippen LogP contribution is 1.98. The molecule has 0 aromatic rings. The predicted octanol–water partition coefficient (Wildman–Crippen LogP) is -0.419. The van der Waals surface area contributed by atoms with E-state index in [0.717, 1.165) is 0 Å². The van der Waals surface area contributed by atoms with Crippen molar-refractivity contribution in [3.8, 4) is 0 Å². The van der Waals surface area contributed by atoms with Gasteiger partial charge in [-0.15, -0.1) is 0 Å². The van der Waals surface area contributed by atoms with Gasteiger partial charge < -0.3 is 20.2 Å². The fraction of sp³-hybridized carbons (Fsp3) is 0.700. The van der Waals surface area contributed by atoms with E-state index in [1.165, 1.54) is 23.9 Å². The Hall–Kier alpha value is -1.79. The van der Waals surface area contributed by atoms with Crippen LogP contribution in [0.25, 0.3) is 0 Å². The molecule has 0 aliphatic carbocycles. The van der Waals surface area contributed by atoms with Crippen molar-refractivity contribution < 1.29 is 19.5 Å². The van der Waals surface area contributed by atoms with Gasteiger partial charge in [-0.1, -0.05) is 6.92 Å². The minimum absolute atomic E-state index is 0.0881. The second kappa shape index (κ2) is 7.48. The van der Waals surface area contributed by atoms with E-state index in [-0.39, 0.29) is 19.0 Å². The molecule has 7 nitrogen and oxygen atoms in total. The summed E-state index contributed by atoms with van der Waals surface area (Å²) in [5.41, 5.74) is 0. The van der Waals surface area contributed by atoms with Crippen molar-refractivity contribution in [1.82, 2.24) is 15.1 Å². The summed E-state index contributed by atoms with van der Waals surface area (Å²) in [5.74, 6) is -1.37. The van der Waals surface area contributed by atoms with Gasteiger partial charge in [0.2, 0.25) is 5.91 Å². The molecule has 3 amide bonds. The molecule has 0 fully saturated rings. The lowest BCUT2D eigenvalue weighted by Crippen LogP contribution is -2.47. The maximum Gasteiger partial charge on any atom is 0.323 e. The first-order valence-electron chi connectivity index (χ1n) is 5.34. The van der Waals surface area contributed by atoms with Crippen molar-refractivity contribution in [3.63, 3.8) is 0 Å². The van der Waals surface area contributed by atoms with Gasteiger partial charge in [-0.2, -0.15) is 0 Å². The molecular formula is C10H19N3O4. The zero-order chi connectivity index (χ0) is 13.4. The smallest absolute Gasteiger partial charge is 0.323 e. The van der Waals surface area contributed by atoms with E-state index in [0.29, 0.717) is 13.0 Å². The topological polar surface area (TPSA) is 90.0 Å². The second-order valence-electron chi connectivity index (χ2n) is 3.63. The molecule has 17 heavy (non-hydrogen) atoms. The Morgan fingerprint density at radius 2 is 1.82 bits per heavy atom. The van der Waals surface area contributed by atoms with E-state index in [9.17, 15) is 14.4 Å². The van der Waals surface area contributed by atoms with E-state index in [1.54, 1.807) is 0 Å². The molecule has 0 heterocycles. The number of carbonyl (C=O) groups excluding carboxylic acids is 2. The first kappa shape index (κ1) is 15.2. The average molecular weight is 245 g/mol.